The van der Waals surface area contributed by atoms with E-state index in [0.29, 0.717) is 24.6 Å². The minimum Gasteiger partial charge on any atom is -0.353 e. The quantitative estimate of drug-likeness (QED) is 0.858. The van der Waals surface area contributed by atoms with Gasteiger partial charge in [0.15, 0.2) is 0 Å². The summed E-state index contributed by atoms with van der Waals surface area (Å²) in [5, 5.41) is 6.15. The SMILES string of the molecule is O=C1CN(C(=O)c2ccccc2)C[C@H]2C[C@H](C(=O)NC3CCC3)C[C@H]2N1. The van der Waals surface area contributed by atoms with E-state index in [4.69, 9.17) is 0 Å². The van der Waals surface area contributed by atoms with Gasteiger partial charge in [0.25, 0.3) is 5.91 Å². The minimum atomic E-state index is -0.137. The second-order valence-corrected chi connectivity index (χ2v) is 7.79. The number of nitrogens with one attached hydrogen (secondary N) is 2. The molecule has 2 saturated carbocycles. The van der Waals surface area contributed by atoms with E-state index >= 15 is 0 Å². The van der Waals surface area contributed by atoms with Crippen LogP contribution in [0.2, 0.25) is 0 Å². The van der Waals surface area contributed by atoms with Gasteiger partial charge in [-0.3, -0.25) is 14.4 Å². The zero-order valence-corrected chi connectivity index (χ0v) is 14.8. The number of carbonyl (C=O) groups is 3. The zero-order chi connectivity index (χ0) is 18.1. The number of hydrogen-bond donors (Lipinski definition) is 2. The van der Waals surface area contributed by atoms with Crippen molar-refractivity contribution in [2.45, 2.75) is 44.2 Å². The van der Waals surface area contributed by atoms with Crippen molar-refractivity contribution in [1.29, 1.82) is 0 Å². The molecule has 3 amide bonds. The van der Waals surface area contributed by atoms with Gasteiger partial charge in [-0.05, 0) is 50.2 Å². The van der Waals surface area contributed by atoms with Crippen LogP contribution in [0.1, 0.15) is 42.5 Å². The van der Waals surface area contributed by atoms with Gasteiger partial charge in [0.2, 0.25) is 11.8 Å². The molecule has 1 aliphatic heterocycles. The van der Waals surface area contributed by atoms with Crippen LogP contribution in [0.15, 0.2) is 30.3 Å². The molecular weight excluding hydrogens is 330 g/mol. The summed E-state index contributed by atoms with van der Waals surface area (Å²) in [7, 11) is 0. The Morgan fingerprint density at radius 2 is 1.88 bits per heavy atom. The lowest BCUT2D eigenvalue weighted by Crippen LogP contribution is -2.43. The molecule has 3 aliphatic rings. The van der Waals surface area contributed by atoms with E-state index in [-0.39, 0.29) is 42.1 Å². The highest BCUT2D eigenvalue weighted by Gasteiger charge is 2.42. The van der Waals surface area contributed by atoms with Crippen molar-refractivity contribution in [3.05, 3.63) is 35.9 Å². The van der Waals surface area contributed by atoms with E-state index < -0.39 is 0 Å². The molecule has 138 valence electrons. The molecule has 2 N–H and O–H groups in total. The van der Waals surface area contributed by atoms with Gasteiger partial charge in [0.1, 0.15) is 0 Å². The van der Waals surface area contributed by atoms with Crippen molar-refractivity contribution < 1.29 is 14.4 Å². The Balaban J connectivity index is 1.43. The molecule has 1 saturated heterocycles. The van der Waals surface area contributed by atoms with Gasteiger partial charge in [0.05, 0.1) is 6.54 Å². The van der Waals surface area contributed by atoms with Gasteiger partial charge in [-0.25, -0.2) is 0 Å². The van der Waals surface area contributed by atoms with E-state index in [2.05, 4.69) is 10.6 Å². The van der Waals surface area contributed by atoms with Crippen molar-refractivity contribution >= 4 is 17.7 Å². The topological polar surface area (TPSA) is 78.5 Å². The summed E-state index contributed by atoms with van der Waals surface area (Å²) in [5.41, 5.74) is 0.594. The van der Waals surface area contributed by atoms with Crippen LogP contribution in [0, 0.1) is 11.8 Å². The summed E-state index contributed by atoms with van der Waals surface area (Å²) >= 11 is 0. The molecule has 0 unspecified atom stereocenters. The Hall–Kier alpha value is -2.37. The largest absolute Gasteiger partial charge is 0.353 e. The lowest BCUT2D eigenvalue weighted by molar-refractivity contribution is -0.126. The molecule has 0 spiro atoms. The highest BCUT2D eigenvalue weighted by molar-refractivity contribution is 5.96. The maximum Gasteiger partial charge on any atom is 0.254 e. The van der Waals surface area contributed by atoms with Gasteiger partial charge in [-0.1, -0.05) is 18.2 Å². The molecule has 2 aliphatic carbocycles. The van der Waals surface area contributed by atoms with Gasteiger partial charge in [-0.2, -0.15) is 0 Å². The fraction of sp³-hybridized carbons (Fsp3) is 0.550. The molecule has 6 nitrogen and oxygen atoms in total. The van der Waals surface area contributed by atoms with Crippen LogP contribution >= 0.6 is 0 Å². The molecule has 1 aromatic carbocycles. The highest BCUT2D eigenvalue weighted by atomic mass is 16.2. The number of hydrogen-bond acceptors (Lipinski definition) is 3. The number of fused-ring (bicyclic) bond motifs is 1. The van der Waals surface area contributed by atoms with Crippen LogP contribution in [0.3, 0.4) is 0 Å². The van der Waals surface area contributed by atoms with Gasteiger partial charge < -0.3 is 15.5 Å². The lowest BCUT2D eigenvalue weighted by atomic mass is 9.92. The highest BCUT2D eigenvalue weighted by Crippen LogP contribution is 2.34. The molecule has 26 heavy (non-hydrogen) atoms. The van der Waals surface area contributed by atoms with Crippen molar-refractivity contribution in [2.24, 2.45) is 11.8 Å². The molecule has 0 radical (unpaired) electrons. The maximum absolute atomic E-state index is 12.8. The van der Waals surface area contributed by atoms with Crippen LogP contribution < -0.4 is 10.6 Å². The van der Waals surface area contributed by atoms with Crippen LogP contribution in [-0.4, -0.2) is 47.8 Å². The number of carbonyl (C=O) groups excluding carboxylic acids is 3. The monoisotopic (exact) mass is 355 g/mol. The number of benzene rings is 1. The lowest BCUT2D eigenvalue weighted by Gasteiger charge is -2.28. The smallest absolute Gasteiger partial charge is 0.254 e. The van der Waals surface area contributed by atoms with E-state index in [1.807, 2.05) is 18.2 Å². The van der Waals surface area contributed by atoms with Crippen molar-refractivity contribution in [2.75, 3.05) is 13.1 Å². The fourth-order valence-electron chi connectivity index (χ4n) is 4.28. The normalized spacial score (nSPS) is 28.5. The van der Waals surface area contributed by atoms with Crippen molar-refractivity contribution in [1.82, 2.24) is 15.5 Å². The molecule has 1 heterocycles. The van der Waals surface area contributed by atoms with Gasteiger partial charge >= 0.3 is 0 Å². The minimum absolute atomic E-state index is 0.0202. The van der Waals surface area contributed by atoms with Crippen molar-refractivity contribution in [3.8, 4) is 0 Å². The first kappa shape index (κ1) is 17.1. The van der Waals surface area contributed by atoms with E-state index in [1.165, 1.54) is 6.42 Å². The Morgan fingerprint density at radius 1 is 1.12 bits per heavy atom. The Morgan fingerprint density at radius 3 is 2.58 bits per heavy atom. The first-order valence-electron chi connectivity index (χ1n) is 9.54. The predicted octanol–water partition coefficient (Wildman–Crippen LogP) is 1.32. The standard InChI is InChI=1S/C20H25N3O3/c24-18-12-23(20(26)13-5-2-1-3-6-13)11-15-9-14(10-17(15)22-18)19(25)21-16-7-4-8-16/h1-3,5-6,14-17H,4,7-12H2,(H,21,25)(H,22,24)/t14-,15+,17+/m0/s1. The first-order chi connectivity index (χ1) is 12.6. The van der Waals surface area contributed by atoms with E-state index in [9.17, 15) is 14.4 Å². The Kier molecular flexibility index (Phi) is 4.66. The van der Waals surface area contributed by atoms with Crippen LogP contribution in [0.25, 0.3) is 0 Å². The fourth-order valence-corrected chi connectivity index (χ4v) is 4.28. The third-order valence-corrected chi connectivity index (χ3v) is 5.96. The number of nitrogens with zero attached hydrogens (tertiary/aromatic N) is 1. The zero-order valence-electron chi connectivity index (χ0n) is 14.8. The van der Waals surface area contributed by atoms with Crippen LogP contribution in [0.4, 0.5) is 0 Å². The average molecular weight is 355 g/mol. The first-order valence-corrected chi connectivity index (χ1v) is 9.54. The third-order valence-electron chi connectivity index (χ3n) is 5.96. The predicted molar refractivity (Wildman–Crippen MR) is 96.3 cm³/mol. The maximum atomic E-state index is 12.8. The third kappa shape index (κ3) is 3.45. The summed E-state index contributed by atoms with van der Waals surface area (Å²) < 4.78 is 0. The van der Waals surface area contributed by atoms with E-state index in [0.717, 1.165) is 19.3 Å². The molecule has 1 aromatic rings. The van der Waals surface area contributed by atoms with Crippen molar-refractivity contribution in [3.63, 3.8) is 0 Å². The van der Waals surface area contributed by atoms with Gasteiger partial charge in [-0.15, -0.1) is 0 Å². The van der Waals surface area contributed by atoms with Crippen LogP contribution in [-0.2, 0) is 9.59 Å². The molecule has 0 bridgehead atoms. The number of amides is 3. The summed E-state index contributed by atoms with van der Waals surface area (Å²) in [6, 6.07) is 9.36. The second-order valence-electron chi connectivity index (χ2n) is 7.79. The summed E-state index contributed by atoms with van der Waals surface area (Å²) in [6.45, 7) is 0.601. The molecule has 4 rings (SSSR count). The molecule has 0 aromatic heterocycles. The second kappa shape index (κ2) is 7.09. The summed E-state index contributed by atoms with van der Waals surface area (Å²) in [5.74, 6) is -0.0903. The van der Waals surface area contributed by atoms with Gasteiger partial charge in [0, 0.05) is 30.1 Å². The summed E-state index contributed by atoms with van der Waals surface area (Å²) in [6.07, 6.45) is 4.72. The molecule has 3 atom stereocenters. The molecule has 6 heteroatoms. The number of rotatable bonds is 3. The summed E-state index contributed by atoms with van der Waals surface area (Å²) in [4.78, 5) is 39.2. The Labute approximate surface area is 153 Å². The Bertz CT molecular complexity index is 702. The molecule has 3 fully saturated rings. The average Bonchev–Trinajstić information content (AvgIpc) is 2.92. The molecular formula is C20H25N3O3. The van der Waals surface area contributed by atoms with E-state index in [1.54, 1.807) is 17.0 Å². The van der Waals surface area contributed by atoms with Crippen LogP contribution in [0.5, 0.6) is 0 Å².